The molecule has 4 nitrogen and oxygen atoms in total. The van der Waals surface area contributed by atoms with Gasteiger partial charge in [0.15, 0.2) is 5.75 Å². The van der Waals surface area contributed by atoms with E-state index in [1.165, 1.54) is 18.9 Å². The molecule has 2 N–H and O–H groups in total. The number of rotatable bonds is 7. The third kappa shape index (κ3) is 4.73. The summed E-state index contributed by atoms with van der Waals surface area (Å²) >= 11 is 0. The molecule has 1 aliphatic carbocycles. The molecule has 1 fully saturated rings. The van der Waals surface area contributed by atoms with Crippen LogP contribution in [-0.2, 0) is 4.79 Å². The van der Waals surface area contributed by atoms with Gasteiger partial charge in [0.05, 0.1) is 12.2 Å². The number of alkyl halides is 2. The highest BCUT2D eigenvalue weighted by Gasteiger charge is 2.20. The predicted octanol–water partition coefficient (Wildman–Crippen LogP) is 2.37. The van der Waals surface area contributed by atoms with Crippen molar-refractivity contribution in [3.05, 3.63) is 24.0 Å². The maximum atomic E-state index is 13.0. The number of benzene rings is 1. The lowest BCUT2D eigenvalue weighted by Crippen LogP contribution is -2.29. The van der Waals surface area contributed by atoms with Crippen LogP contribution in [0.1, 0.15) is 12.8 Å². The van der Waals surface area contributed by atoms with Gasteiger partial charge in [0, 0.05) is 6.07 Å². The standard InChI is InChI=1S/C13H15F3N2O2/c14-9-3-4-10(11(5-9)20-13(15)16)18-12(19)7-17-6-8-1-2-8/h3-5,8,13,17H,1-2,6-7H2,(H,18,19). The van der Waals surface area contributed by atoms with E-state index in [0.29, 0.717) is 5.92 Å². The molecule has 2 rings (SSSR count). The molecule has 0 saturated heterocycles. The normalized spacial score (nSPS) is 14.4. The Labute approximate surface area is 114 Å². The summed E-state index contributed by atoms with van der Waals surface area (Å²) in [5.74, 6) is -0.872. The van der Waals surface area contributed by atoms with Crippen molar-refractivity contribution >= 4 is 11.6 Å². The van der Waals surface area contributed by atoms with Gasteiger partial charge in [-0.05, 0) is 37.4 Å². The fraction of sp³-hybridized carbons (Fsp3) is 0.462. The predicted molar refractivity (Wildman–Crippen MR) is 67.3 cm³/mol. The van der Waals surface area contributed by atoms with Crippen LogP contribution in [0.2, 0.25) is 0 Å². The van der Waals surface area contributed by atoms with Crippen molar-refractivity contribution in [2.75, 3.05) is 18.4 Å². The summed E-state index contributed by atoms with van der Waals surface area (Å²) in [4.78, 5) is 11.6. The Balaban J connectivity index is 1.90. The number of amides is 1. The second-order valence-electron chi connectivity index (χ2n) is 4.64. The van der Waals surface area contributed by atoms with Gasteiger partial charge in [0.25, 0.3) is 0 Å². The Morgan fingerprint density at radius 1 is 1.40 bits per heavy atom. The largest absolute Gasteiger partial charge is 0.432 e. The topological polar surface area (TPSA) is 50.4 Å². The second-order valence-corrected chi connectivity index (χ2v) is 4.64. The van der Waals surface area contributed by atoms with Crippen LogP contribution >= 0.6 is 0 Å². The van der Waals surface area contributed by atoms with Gasteiger partial charge in [-0.25, -0.2) is 4.39 Å². The summed E-state index contributed by atoms with van der Waals surface area (Å²) in [5.41, 5.74) is 0.0184. The number of carbonyl (C=O) groups excluding carboxylic acids is 1. The summed E-state index contributed by atoms with van der Waals surface area (Å²) in [6.07, 6.45) is 2.33. The summed E-state index contributed by atoms with van der Waals surface area (Å²) in [6.45, 7) is -2.25. The zero-order chi connectivity index (χ0) is 14.5. The first-order valence-electron chi connectivity index (χ1n) is 6.29. The van der Waals surface area contributed by atoms with E-state index in [4.69, 9.17) is 0 Å². The number of halogens is 3. The van der Waals surface area contributed by atoms with E-state index in [-0.39, 0.29) is 12.2 Å². The third-order valence-corrected chi connectivity index (χ3v) is 2.85. The first-order chi connectivity index (χ1) is 9.54. The maximum absolute atomic E-state index is 13.0. The molecule has 1 saturated carbocycles. The lowest BCUT2D eigenvalue weighted by atomic mass is 10.2. The van der Waals surface area contributed by atoms with Crippen molar-refractivity contribution in [1.29, 1.82) is 0 Å². The smallest absolute Gasteiger partial charge is 0.387 e. The van der Waals surface area contributed by atoms with Gasteiger partial charge in [-0.1, -0.05) is 0 Å². The molecule has 0 aliphatic heterocycles. The number of hydrogen-bond donors (Lipinski definition) is 2. The maximum Gasteiger partial charge on any atom is 0.387 e. The van der Waals surface area contributed by atoms with Gasteiger partial charge >= 0.3 is 6.61 Å². The number of nitrogens with one attached hydrogen (secondary N) is 2. The Bertz CT molecular complexity index is 479. The van der Waals surface area contributed by atoms with Crippen LogP contribution in [0.3, 0.4) is 0 Å². The monoisotopic (exact) mass is 288 g/mol. The van der Waals surface area contributed by atoms with Crippen LogP contribution in [0, 0.1) is 11.7 Å². The molecular weight excluding hydrogens is 273 g/mol. The van der Waals surface area contributed by atoms with Crippen LogP contribution in [-0.4, -0.2) is 25.6 Å². The van der Waals surface area contributed by atoms with Gasteiger partial charge in [-0.15, -0.1) is 0 Å². The van der Waals surface area contributed by atoms with Gasteiger partial charge in [-0.3, -0.25) is 4.79 Å². The van der Waals surface area contributed by atoms with E-state index >= 15 is 0 Å². The molecule has 0 spiro atoms. The summed E-state index contributed by atoms with van der Waals surface area (Å²) in [6, 6.07) is 3.05. The van der Waals surface area contributed by atoms with E-state index in [1.54, 1.807) is 0 Å². The van der Waals surface area contributed by atoms with Crippen molar-refractivity contribution in [3.63, 3.8) is 0 Å². The molecule has 1 aromatic carbocycles. The zero-order valence-electron chi connectivity index (χ0n) is 10.7. The minimum Gasteiger partial charge on any atom is -0.432 e. The van der Waals surface area contributed by atoms with E-state index in [9.17, 15) is 18.0 Å². The molecule has 0 bridgehead atoms. The number of anilines is 1. The third-order valence-electron chi connectivity index (χ3n) is 2.85. The molecule has 1 amide bonds. The molecule has 0 aromatic heterocycles. The van der Waals surface area contributed by atoms with E-state index in [0.717, 1.165) is 18.7 Å². The SMILES string of the molecule is O=C(CNCC1CC1)Nc1ccc(F)cc1OC(F)F. The summed E-state index contributed by atoms with van der Waals surface area (Å²) in [5, 5.41) is 5.37. The zero-order valence-corrected chi connectivity index (χ0v) is 10.7. The minimum atomic E-state index is -3.08. The van der Waals surface area contributed by atoms with Crippen LogP contribution in [0.5, 0.6) is 5.75 Å². The Kier molecular flexibility index (Phi) is 4.84. The van der Waals surface area contributed by atoms with Crippen molar-refractivity contribution in [2.45, 2.75) is 19.5 Å². The molecule has 110 valence electrons. The molecule has 20 heavy (non-hydrogen) atoms. The minimum absolute atomic E-state index is 0.0184. The van der Waals surface area contributed by atoms with Crippen LogP contribution in [0.15, 0.2) is 18.2 Å². The van der Waals surface area contributed by atoms with Crippen LogP contribution in [0.4, 0.5) is 18.9 Å². The molecule has 7 heteroatoms. The van der Waals surface area contributed by atoms with Crippen molar-refractivity contribution in [2.24, 2.45) is 5.92 Å². The van der Waals surface area contributed by atoms with Gasteiger partial charge in [0.1, 0.15) is 5.82 Å². The highest BCUT2D eigenvalue weighted by atomic mass is 19.3. The lowest BCUT2D eigenvalue weighted by Gasteiger charge is -2.12. The quantitative estimate of drug-likeness (QED) is 0.810. The van der Waals surface area contributed by atoms with Gasteiger partial charge < -0.3 is 15.4 Å². The fourth-order valence-corrected chi connectivity index (χ4v) is 1.70. The van der Waals surface area contributed by atoms with Crippen LogP contribution < -0.4 is 15.4 Å². The Morgan fingerprint density at radius 2 is 2.15 bits per heavy atom. The number of hydrogen-bond acceptors (Lipinski definition) is 3. The molecule has 0 heterocycles. The molecule has 0 unspecified atom stereocenters. The molecule has 0 radical (unpaired) electrons. The van der Waals surface area contributed by atoms with Gasteiger partial charge in [-0.2, -0.15) is 8.78 Å². The van der Waals surface area contributed by atoms with Gasteiger partial charge in [0.2, 0.25) is 5.91 Å². The molecular formula is C13H15F3N2O2. The summed E-state index contributed by atoms with van der Waals surface area (Å²) < 4.78 is 41.6. The first kappa shape index (κ1) is 14.6. The average molecular weight is 288 g/mol. The lowest BCUT2D eigenvalue weighted by molar-refractivity contribution is -0.115. The molecule has 1 aromatic rings. The summed E-state index contributed by atoms with van der Waals surface area (Å²) in [7, 11) is 0. The Morgan fingerprint density at radius 3 is 2.80 bits per heavy atom. The van der Waals surface area contributed by atoms with E-state index < -0.39 is 24.1 Å². The Hall–Kier alpha value is -1.76. The molecule has 0 atom stereocenters. The number of ether oxygens (including phenoxy) is 1. The molecule has 1 aliphatic rings. The van der Waals surface area contributed by atoms with Crippen LogP contribution in [0.25, 0.3) is 0 Å². The first-order valence-corrected chi connectivity index (χ1v) is 6.29. The van der Waals surface area contributed by atoms with E-state index in [2.05, 4.69) is 15.4 Å². The van der Waals surface area contributed by atoms with E-state index in [1.807, 2.05) is 0 Å². The second kappa shape index (κ2) is 6.60. The highest BCUT2D eigenvalue weighted by Crippen LogP contribution is 2.28. The highest BCUT2D eigenvalue weighted by molar-refractivity contribution is 5.93. The van der Waals surface area contributed by atoms with Crippen molar-refractivity contribution < 1.29 is 22.7 Å². The van der Waals surface area contributed by atoms with Crippen molar-refractivity contribution in [3.8, 4) is 5.75 Å². The fourth-order valence-electron chi connectivity index (χ4n) is 1.70. The number of carbonyl (C=O) groups is 1. The average Bonchev–Trinajstić information content (AvgIpc) is 3.16. The van der Waals surface area contributed by atoms with Crippen molar-refractivity contribution in [1.82, 2.24) is 5.32 Å².